The molecule has 1 fully saturated rings. The zero-order valence-corrected chi connectivity index (χ0v) is 14.5. The molecule has 1 aliphatic heterocycles. The van der Waals surface area contributed by atoms with E-state index < -0.39 is 0 Å². The molecule has 25 heavy (non-hydrogen) atoms. The van der Waals surface area contributed by atoms with Gasteiger partial charge in [-0.15, -0.1) is 0 Å². The van der Waals surface area contributed by atoms with Crippen molar-refractivity contribution in [2.75, 3.05) is 32.8 Å². The molecule has 1 aromatic heterocycles. The van der Waals surface area contributed by atoms with E-state index in [1.807, 2.05) is 38.1 Å². The van der Waals surface area contributed by atoms with Crippen LogP contribution in [0.5, 0.6) is 5.75 Å². The molecular formula is C18H22N4O3. The van der Waals surface area contributed by atoms with Crippen LogP contribution in [0.3, 0.4) is 0 Å². The van der Waals surface area contributed by atoms with Crippen LogP contribution in [0.2, 0.25) is 0 Å². The molecule has 0 saturated carbocycles. The van der Waals surface area contributed by atoms with Crippen LogP contribution < -0.4 is 4.74 Å². The maximum Gasteiger partial charge on any atom is 0.274 e. The van der Waals surface area contributed by atoms with Gasteiger partial charge in [0.15, 0.2) is 6.61 Å². The predicted octanol–water partition coefficient (Wildman–Crippen LogP) is 1.39. The largest absolute Gasteiger partial charge is 0.484 e. The lowest BCUT2D eigenvalue weighted by Crippen LogP contribution is -2.51. The summed E-state index contributed by atoms with van der Waals surface area (Å²) in [5.41, 5.74) is 2.41. The van der Waals surface area contributed by atoms with Crippen molar-refractivity contribution in [3.05, 3.63) is 47.3 Å². The first-order valence-corrected chi connectivity index (χ1v) is 8.31. The summed E-state index contributed by atoms with van der Waals surface area (Å²) < 4.78 is 5.54. The van der Waals surface area contributed by atoms with E-state index in [2.05, 4.69) is 10.2 Å². The maximum atomic E-state index is 12.3. The number of piperazine rings is 1. The highest BCUT2D eigenvalue weighted by Crippen LogP contribution is 2.12. The van der Waals surface area contributed by atoms with Gasteiger partial charge in [0.05, 0.1) is 0 Å². The van der Waals surface area contributed by atoms with Crippen molar-refractivity contribution in [3.8, 4) is 5.75 Å². The number of benzene rings is 1. The van der Waals surface area contributed by atoms with E-state index in [4.69, 9.17) is 4.74 Å². The summed E-state index contributed by atoms with van der Waals surface area (Å²) in [6.45, 7) is 5.88. The minimum atomic E-state index is -0.104. The van der Waals surface area contributed by atoms with Crippen molar-refractivity contribution < 1.29 is 14.3 Å². The Labute approximate surface area is 146 Å². The van der Waals surface area contributed by atoms with Crippen LogP contribution in [0.1, 0.15) is 21.7 Å². The number of aromatic nitrogens is 2. The standard InChI is InChI=1S/C18H22N4O3/c1-13-3-5-15(6-4-13)25-12-17(23)21-7-9-22(10-8-21)18(24)16-11-14(2)19-20-16/h3-6,11H,7-10,12H2,1-2H3,(H,19,20). The summed E-state index contributed by atoms with van der Waals surface area (Å²) >= 11 is 0. The van der Waals surface area contributed by atoms with Gasteiger partial charge in [-0.25, -0.2) is 0 Å². The lowest BCUT2D eigenvalue weighted by Gasteiger charge is -2.34. The van der Waals surface area contributed by atoms with Gasteiger partial charge in [0, 0.05) is 31.9 Å². The molecule has 0 spiro atoms. The molecule has 2 amide bonds. The number of carbonyl (C=O) groups excluding carboxylic acids is 2. The first-order valence-electron chi connectivity index (χ1n) is 8.31. The molecule has 0 atom stereocenters. The molecule has 1 aromatic carbocycles. The number of nitrogens with one attached hydrogen (secondary N) is 1. The number of rotatable bonds is 4. The highest BCUT2D eigenvalue weighted by Gasteiger charge is 2.26. The third kappa shape index (κ3) is 4.17. The Hall–Kier alpha value is -2.83. The van der Waals surface area contributed by atoms with Gasteiger partial charge in [-0.2, -0.15) is 5.10 Å². The summed E-state index contributed by atoms with van der Waals surface area (Å²) in [6, 6.07) is 9.33. The molecule has 7 heteroatoms. The molecule has 0 unspecified atom stereocenters. The summed E-state index contributed by atoms with van der Waals surface area (Å²) in [4.78, 5) is 28.1. The average molecular weight is 342 g/mol. The lowest BCUT2D eigenvalue weighted by atomic mass is 10.2. The second kappa shape index (κ2) is 7.38. The van der Waals surface area contributed by atoms with E-state index in [0.29, 0.717) is 37.6 Å². The molecule has 0 radical (unpaired) electrons. The third-order valence-electron chi connectivity index (χ3n) is 4.23. The van der Waals surface area contributed by atoms with Crippen molar-refractivity contribution in [2.45, 2.75) is 13.8 Å². The van der Waals surface area contributed by atoms with E-state index in [9.17, 15) is 9.59 Å². The summed E-state index contributed by atoms with van der Waals surface area (Å²) in [5, 5.41) is 6.77. The molecule has 2 heterocycles. The number of H-pyrrole nitrogens is 1. The van der Waals surface area contributed by atoms with Gasteiger partial charge in [-0.3, -0.25) is 14.7 Å². The zero-order chi connectivity index (χ0) is 17.8. The summed E-state index contributed by atoms with van der Waals surface area (Å²) in [6.07, 6.45) is 0. The number of ether oxygens (including phenoxy) is 1. The lowest BCUT2D eigenvalue weighted by molar-refractivity contribution is -0.134. The topological polar surface area (TPSA) is 78.5 Å². The van der Waals surface area contributed by atoms with Crippen LogP contribution in [-0.2, 0) is 4.79 Å². The number of aryl methyl sites for hydroxylation is 2. The normalized spacial score (nSPS) is 14.5. The van der Waals surface area contributed by atoms with Crippen LogP contribution in [-0.4, -0.2) is 64.6 Å². The SMILES string of the molecule is Cc1ccc(OCC(=O)N2CCN(C(=O)c3cc(C)[nH]n3)CC2)cc1. The Bertz CT molecular complexity index is 746. The molecule has 0 bridgehead atoms. The molecule has 1 saturated heterocycles. The second-order valence-electron chi connectivity index (χ2n) is 6.21. The van der Waals surface area contributed by atoms with Gasteiger partial charge < -0.3 is 14.5 Å². The zero-order valence-electron chi connectivity index (χ0n) is 14.5. The Morgan fingerprint density at radius 3 is 2.32 bits per heavy atom. The van der Waals surface area contributed by atoms with Gasteiger partial charge in [0.2, 0.25) is 0 Å². The Kier molecular flexibility index (Phi) is 5.02. The van der Waals surface area contributed by atoms with Crippen molar-refractivity contribution in [1.82, 2.24) is 20.0 Å². The van der Waals surface area contributed by atoms with Crippen LogP contribution in [0.4, 0.5) is 0 Å². The van der Waals surface area contributed by atoms with Crippen molar-refractivity contribution in [1.29, 1.82) is 0 Å². The first kappa shape index (κ1) is 17.0. The van der Waals surface area contributed by atoms with Gasteiger partial charge in [-0.1, -0.05) is 17.7 Å². The maximum absolute atomic E-state index is 12.3. The Morgan fingerprint density at radius 2 is 1.72 bits per heavy atom. The molecule has 7 nitrogen and oxygen atoms in total. The summed E-state index contributed by atoms with van der Waals surface area (Å²) in [7, 11) is 0. The number of hydrogen-bond acceptors (Lipinski definition) is 4. The molecule has 2 aromatic rings. The van der Waals surface area contributed by atoms with Crippen molar-refractivity contribution in [2.24, 2.45) is 0 Å². The molecule has 1 N–H and O–H groups in total. The fourth-order valence-corrected chi connectivity index (χ4v) is 2.72. The van der Waals surface area contributed by atoms with Crippen LogP contribution in [0.15, 0.2) is 30.3 Å². The van der Waals surface area contributed by atoms with Crippen LogP contribution in [0, 0.1) is 13.8 Å². The average Bonchev–Trinajstić information content (AvgIpc) is 3.07. The molecule has 1 aliphatic rings. The number of amides is 2. The Morgan fingerprint density at radius 1 is 1.08 bits per heavy atom. The quantitative estimate of drug-likeness (QED) is 0.911. The fraction of sp³-hybridized carbons (Fsp3) is 0.389. The van der Waals surface area contributed by atoms with E-state index in [0.717, 1.165) is 11.3 Å². The van der Waals surface area contributed by atoms with Crippen molar-refractivity contribution >= 4 is 11.8 Å². The smallest absolute Gasteiger partial charge is 0.274 e. The Balaban J connectivity index is 1.47. The highest BCUT2D eigenvalue weighted by molar-refractivity contribution is 5.92. The second-order valence-corrected chi connectivity index (χ2v) is 6.21. The number of nitrogens with zero attached hydrogens (tertiary/aromatic N) is 3. The highest BCUT2D eigenvalue weighted by atomic mass is 16.5. The van der Waals surface area contributed by atoms with E-state index >= 15 is 0 Å². The monoisotopic (exact) mass is 342 g/mol. The predicted molar refractivity (Wildman–Crippen MR) is 92.5 cm³/mol. The van der Waals surface area contributed by atoms with Crippen LogP contribution >= 0.6 is 0 Å². The molecular weight excluding hydrogens is 320 g/mol. The van der Waals surface area contributed by atoms with Gasteiger partial charge in [-0.05, 0) is 32.0 Å². The number of carbonyl (C=O) groups is 2. The fourth-order valence-electron chi connectivity index (χ4n) is 2.72. The van der Waals surface area contributed by atoms with Crippen LogP contribution in [0.25, 0.3) is 0 Å². The van der Waals surface area contributed by atoms with Gasteiger partial charge in [0.25, 0.3) is 11.8 Å². The first-order chi connectivity index (χ1) is 12.0. The minimum Gasteiger partial charge on any atom is -0.484 e. The van der Waals surface area contributed by atoms with Crippen molar-refractivity contribution in [3.63, 3.8) is 0 Å². The number of hydrogen-bond donors (Lipinski definition) is 1. The van der Waals surface area contributed by atoms with E-state index in [1.165, 1.54) is 0 Å². The van der Waals surface area contributed by atoms with Gasteiger partial charge >= 0.3 is 0 Å². The number of aromatic amines is 1. The van der Waals surface area contributed by atoms with E-state index in [-0.39, 0.29) is 18.4 Å². The summed E-state index contributed by atoms with van der Waals surface area (Å²) in [5.74, 6) is 0.511. The minimum absolute atomic E-state index is 0.00949. The molecule has 132 valence electrons. The van der Waals surface area contributed by atoms with E-state index in [1.54, 1.807) is 15.9 Å². The molecule has 3 rings (SSSR count). The van der Waals surface area contributed by atoms with Gasteiger partial charge in [0.1, 0.15) is 11.4 Å². The molecule has 0 aliphatic carbocycles. The third-order valence-corrected chi connectivity index (χ3v) is 4.23.